The average Bonchev–Trinajstić information content (AvgIpc) is 2.55. The van der Waals surface area contributed by atoms with Crippen molar-refractivity contribution in [3.63, 3.8) is 0 Å². The Kier molecular flexibility index (Phi) is 5.82. The van der Waals surface area contributed by atoms with Crippen molar-refractivity contribution in [1.82, 2.24) is 4.90 Å². The third-order valence-corrected chi connectivity index (χ3v) is 3.91. The summed E-state index contributed by atoms with van der Waals surface area (Å²) in [5.74, 6) is 0. The molecule has 1 heterocycles. The molecular formula is C19H25N. The van der Waals surface area contributed by atoms with E-state index in [0.29, 0.717) is 0 Å². The first-order valence-electron chi connectivity index (χ1n) is 7.66. The van der Waals surface area contributed by atoms with E-state index >= 15 is 0 Å². The molecule has 3 rings (SSSR count). The van der Waals surface area contributed by atoms with E-state index in [1.807, 2.05) is 6.07 Å². The minimum Gasteiger partial charge on any atom is -0.299 e. The van der Waals surface area contributed by atoms with Gasteiger partial charge in [0.2, 0.25) is 0 Å². The van der Waals surface area contributed by atoms with Crippen LogP contribution in [0.15, 0.2) is 54.6 Å². The van der Waals surface area contributed by atoms with Crippen LogP contribution in [0.4, 0.5) is 0 Å². The van der Waals surface area contributed by atoms with Gasteiger partial charge in [-0.25, -0.2) is 0 Å². The standard InChI is InChI=1S/C11H15N.C8H10/c1-2-12-8-7-10-5-3-4-6-11(10)9-12;1-2-8-6-4-3-5-7-8/h3-6H,2,7-9H2,1H3;3-7H,2H2,1H3. The van der Waals surface area contributed by atoms with Crippen LogP contribution in [0.3, 0.4) is 0 Å². The zero-order valence-corrected chi connectivity index (χ0v) is 12.7. The molecule has 1 heteroatoms. The second-order valence-electron chi connectivity index (χ2n) is 5.23. The van der Waals surface area contributed by atoms with Gasteiger partial charge in [-0.2, -0.15) is 0 Å². The van der Waals surface area contributed by atoms with Gasteiger partial charge in [-0.3, -0.25) is 4.90 Å². The number of aryl methyl sites for hydroxylation is 1. The molecule has 1 nitrogen and oxygen atoms in total. The van der Waals surface area contributed by atoms with E-state index in [1.165, 1.54) is 30.6 Å². The van der Waals surface area contributed by atoms with Crippen molar-refractivity contribution in [3.05, 3.63) is 71.3 Å². The van der Waals surface area contributed by atoms with Gasteiger partial charge in [-0.15, -0.1) is 0 Å². The highest BCUT2D eigenvalue weighted by atomic mass is 15.1. The topological polar surface area (TPSA) is 3.24 Å². The minimum atomic E-state index is 1.14. The van der Waals surface area contributed by atoms with Gasteiger partial charge >= 0.3 is 0 Å². The molecule has 0 atom stereocenters. The van der Waals surface area contributed by atoms with Crippen molar-refractivity contribution in [2.45, 2.75) is 33.2 Å². The van der Waals surface area contributed by atoms with Crippen molar-refractivity contribution < 1.29 is 0 Å². The number of hydrogen-bond donors (Lipinski definition) is 0. The van der Waals surface area contributed by atoms with Gasteiger partial charge < -0.3 is 0 Å². The fourth-order valence-corrected chi connectivity index (χ4v) is 2.54. The highest BCUT2D eigenvalue weighted by Gasteiger charge is 2.12. The molecule has 0 unspecified atom stereocenters. The van der Waals surface area contributed by atoms with Crippen LogP contribution < -0.4 is 0 Å². The maximum absolute atomic E-state index is 2.49. The van der Waals surface area contributed by atoms with E-state index in [2.05, 4.69) is 67.3 Å². The lowest BCUT2D eigenvalue weighted by Gasteiger charge is -2.27. The Morgan fingerprint density at radius 1 is 0.850 bits per heavy atom. The molecule has 0 bridgehead atoms. The number of rotatable bonds is 2. The Hall–Kier alpha value is -1.60. The molecule has 106 valence electrons. The molecule has 0 amide bonds. The summed E-state index contributed by atoms with van der Waals surface area (Å²) < 4.78 is 0. The van der Waals surface area contributed by atoms with Crippen molar-refractivity contribution >= 4 is 0 Å². The minimum absolute atomic E-state index is 1.14. The van der Waals surface area contributed by atoms with Crippen molar-refractivity contribution in [2.75, 3.05) is 13.1 Å². The van der Waals surface area contributed by atoms with Crippen LogP contribution in [0.2, 0.25) is 0 Å². The number of likely N-dealkylation sites (N-methyl/N-ethyl adjacent to an activating group) is 1. The molecule has 2 aromatic carbocycles. The normalized spacial score (nSPS) is 14.1. The predicted molar refractivity (Wildman–Crippen MR) is 86.9 cm³/mol. The molecule has 2 aromatic rings. The molecule has 0 fully saturated rings. The molecule has 0 spiro atoms. The van der Waals surface area contributed by atoms with E-state index in [1.54, 1.807) is 5.56 Å². The number of hydrogen-bond acceptors (Lipinski definition) is 1. The number of benzene rings is 2. The molecular weight excluding hydrogens is 242 g/mol. The number of nitrogens with zero attached hydrogens (tertiary/aromatic N) is 1. The van der Waals surface area contributed by atoms with Crippen LogP contribution in [-0.4, -0.2) is 18.0 Å². The number of fused-ring (bicyclic) bond motifs is 1. The molecule has 1 aliphatic heterocycles. The van der Waals surface area contributed by atoms with Crippen molar-refractivity contribution in [1.29, 1.82) is 0 Å². The van der Waals surface area contributed by atoms with Crippen LogP contribution in [0.1, 0.15) is 30.5 Å². The fraction of sp³-hybridized carbons (Fsp3) is 0.368. The van der Waals surface area contributed by atoms with Crippen LogP contribution in [0.25, 0.3) is 0 Å². The van der Waals surface area contributed by atoms with E-state index in [-0.39, 0.29) is 0 Å². The molecule has 20 heavy (non-hydrogen) atoms. The van der Waals surface area contributed by atoms with Gasteiger partial charge in [0.25, 0.3) is 0 Å². The summed E-state index contributed by atoms with van der Waals surface area (Å²) in [5.41, 5.74) is 4.47. The maximum Gasteiger partial charge on any atom is 0.0236 e. The summed E-state index contributed by atoms with van der Waals surface area (Å²) in [6.45, 7) is 7.94. The zero-order valence-electron chi connectivity index (χ0n) is 12.7. The highest BCUT2D eigenvalue weighted by molar-refractivity contribution is 5.28. The smallest absolute Gasteiger partial charge is 0.0236 e. The highest BCUT2D eigenvalue weighted by Crippen LogP contribution is 2.17. The molecule has 0 saturated heterocycles. The Morgan fingerprint density at radius 3 is 2.10 bits per heavy atom. The predicted octanol–water partition coefficient (Wildman–Crippen LogP) is 4.31. The third-order valence-electron chi connectivity index (χ3n) is 3.91. The van der Waals surface area contributed by atoms with Crippen LogP contribution in [0.5, 0.6) is 0 Å². The first-order chi connectivity index (χ1) is 9.83. The maximum atomic E-state index is 2.49. The Bertz CT molecular complexity index is 504. The lowest BCUT2D eigenvalue weighted by atomic mass is 10.0. The van der Waals surface area contributed by atoms with Gasteiger partial charge in [0.05, 0.1) is 0 Å². The van der Waals surface area contributed by atoms with E-state index in [4.69, 9.17) is 0 Å². The molecule has 0 aliphatic carbocycles. The summed E-state index contributed by atoms with van der Waals surface area (Å²) in [6.07, 6.45) is 2.37. The largest absolute Gasteiger partial charge is 0.299 e. The fourth-order valence-electron chi connectivity index (χ4n) is 2.54. The monoisotopic (exact) mass is 267 g/mol. The summed E-state index contributed by atoms with van der Waals surface area (Å²) in [4.78, 5) is 2.49. The first kappa shape index (κ1) is 14.8. The molecule has 0 N–H and O–H groups in total. The van der Waals surface area contributed by atoms with Crippen LogP contribution >= 0.6 is 0 Å². The van der Waals surface area contributed by atoms with Crippen LogP contribution in [-0.2, 0) is 19.4 Å². The summed E-state index contributed by atoms with van der Waals surface area (Å²) >= 11 is 0. The lowest BCUT2D eigenvalue weighted by molar-refractivity contribution is 0.268. The first-order valence-corrected chi connectivity index (χ1v) is 7.66. The van der Waals surface area contributed by atoms with Gasteiger partial charge in [0.15, 0.2) is 0 Å². The van der Waals surface area contributed by atoms with Crippen molar-refractivity contribution in [2.24, 2.45) is 0 Å². The third kappa shape index (κ3) is 4.21. The van der Waals surface area contributed by atoms with Gasteiger partial charge in [0.1, 0.15) is 0 Å². The van der Waals surface area contributed by atoms with Gasteiger partial charge in [0, 0.05) is 13.1 Å². The van der Waals surface area contributed by atoms with Gasteiger partial charge in [-0.1, -0.05) is 68.4 Å². The second kappa shape index (κ2) is 7.86. The van der Waals surface area contributed by atoms with E-state index in [0.717, 1.165) is 13.0 Å². The van der Waals surface area contributed by atoms with E-state index < -0.39 is 0 Å². The SMILES string of the molecule is CCN1CCc2ccccc2C1.CCc1ccccc1. The molecule has 0 aromatic heterocycles. The summed E-state index contributed by atoms with van der Waals surface area (Å²) in [6, 6.07) is 19.2. The summed E-state index contributed by atoms with van der Waals surface area (Å²) in [5, 5.41) is 0. The molecule has 0 radical (unpaired) electrons. The Balaban J connectivity index is 0.000000160. The Morgan fingerprint density at radius 2 is 1.50 bits per heavy atom. The second-order valence-corrected chi connectivity index (χ2v) is 5.23. The lowest BCUT2D eigenvalue weighted by Crippen LogP contribution is -2.29. The van der Waals surface area contributed by atoms with Gasteiger partial charge in [-0.05, 0) is 36.1 Å². The summed E-state index contributed by atoms with van der Waals surface area (Å²) in [7, 11) is 0. The quantitative estimate of drug-likeness (QED) is 0.783. The zero-order chi connectivity index (χ0) is 14.2. The van der Waals surface area contributed by atoms with Crippen molar-refractivity contribution in [3.8, 4) is 0 Å². The van der Waals surface area contributed by atoms with E-state index in [9.17, 15) is 0 Å². The Labute approximate surface area is 123 Å². The average molecular weight is 267 g/mol. The molecule has 1 aliphatic rings. The molecule has 0 saturated carbocycles. The van der Waals surface area contributed by atoms with Crippen LogP contribution in [0, 0.1) is 0 Å².